The lowest BCUT2D eigenvalue weighted by Crippen LogP contribution is -2.41. The van der Waals surface area contributed by atoms with Crippen molar-refractivity contribution in [3.05, 3.63) is 177 Å². The number of nitrogens with zero attached hydrogens (tertiary/aromatic N) is 9. The summed E-state index contributed by atoms with van der Waals surface area (Å²) in [5.41, 5.74) is 22.1. The number of aliphatic hydroxyl groups is 2. The van der Waals surface area contributed by atoms with Gasteiger partial charge in [0.05, 0.1) is 80.4 Å². The first kappa shape index (κ1) is 72.5. The summed E-state index contributed by atoms with van der Waals surface area (Å²) in [5.74, 6) is 1.32. The number of anilines is 9. The molecular formula is C74H91N15O5SSi. The molecule has 9 aromatic rings. The fraction of sp³-hybridized carbons (Fsp3) is 0.351. The first-order valence-electron chi connectivity index (χ1n) is 31.8. The van der Waals surface area contributed by atoms with Crippen molar-refractivity contribution in [3.8, 4) is 33.8 Å². The van der Waals surface area contributed by atoms with E-state index < -0.39 is 8.32 Å². The fourth-order valence-electron chi connectivity index (χ4n) is 10.8. The van der Waals surface area contributed by atoms with Crippen LogP contribution in [0.2, 0.25) is 18.1 Å². The fourth-order valence-corrected chi connectivity index (χ4v) is 12.1. The highest BCUT2D eigenvalue weighted by Gasteiger charge is 2.37. The predicted molar refractivity (Wildman–Crippen MR) is 394 cm³/mol. The number of aryl methyl sites for hydroxylation is 9. The molecule has 0 unspecified atom stereocenters. The molecule has 8 N–H and O–H groups in total. The van der Waals surface area contributed by atoms with E-state index >= 15 is 0 Å². The van der Waals surface area contributed by atoms with Crippen LogP contribution in [0.1, 0.15) is 122 Å². The lowest BCUT2D eigenvalue weighted by atomic mass is 10.0. The Morgan fingerprint density at radius 2 is 0.833 bits per heavy atom. The lowest BCUT2D eigenvalue weighted by molar-refractivity contribution is -0.116. The van der Waals surface area contributed by atoms with E-state index in [2.05, 4.69) is 127 Å². The molecule has 0 saturated heterocycles. The molecule has 0 aliphatic carbocycles. The molecule has 12 rings (SSSR count). The maximum absolute atomic E-state index is 12.4. The van der Waals surface area contributed by atoms with Crippen LogP contribution in [0.4, 0.5) is 52.0 Å². The number of carbonyl (C=O) groups is 2. The van der Waals surface area contributed by atoms with Crippen molar-refractivity contribution >= 4 is 89.3 Å². The number of amides is 2. The Morgan fingerprint density at radius 1 is 0.490 bits per heavy atom. The Bertz CT molecular complexity index is 4140. The maximum Gasteiger partial charge on any atom is 0.228 e. The minimum Gasteiger partial charge on any atom is -0.417 e. The summed E-state index contributed by atoms with van der Waals surface area (Å²) in [6, 6.07) is 24.4. The number of thiocarbonyl (C=S) groups is 1. The second-order valence-corrected chi connectivity index (χ2v) is 31.0. The highest BCUT2D eigenvalue weighted by molar-refractivity contribution is 7.80. The Morgan fingerprint density at radius 3 is 1.19 bits per heavy atom. The molecule has 3 aliphatic heterocycles. The van der Waals surface area contributed by atoms with Crippen molar-refractivity contribution in [1.29, 1.82) is 0 Å². The zero-order valence-electron chi connectivity index (χ0n) is 55.4. The Kier molecular flexibility index (Phi) is 24.1. The van der Waals surface area contributed by atoms with Crippen LogP contribution in [-0.4, -0.2) is 100 Å². The van der Waals surface area contributed by atoms with Crippen LogP contribution in [0.25, 0.3) is 33.8 Å². The van der Waals surface area contributed by atoms with E-state index in [-0.39, 0.29) is 57.8 Å². The summed E-state index contributed by atoms with van der Waals surface area (Å²) in [6.07, 6.45) is 16.7. The third-order valence-electron chi connectivity index (χ3n) is 17.1. The van der Waals surface area contributed by atoms with Gasteiger partial charge in [-0.3, -0.25) is 24.5 Å². The van der Waals surface area contributed by atoms with Crippen molar-refractivity contribution in [3.63, 3.8) is 0 Å². The monoisotopic (exact) mass is 1330 g/mol. The lowest BCUT2D eigenvalue weighted by Gasteiger charge is -2.36. The molecule has 3 aliphatic rings. The Labute approximate surface area is 571 Å². The van der Waals surface area contributed by atoms with E-state index in [0.29, 0.717) is 37.1 Å². The van der Waals surface area contributed by atoms with Crippen LogP contribution in [0.15, 0.2) is 110 Å². The zero-order valence-corrected chi connectivity index (χ0v) is 57.2. The summed E-state index contributed by atoms with van der Waals surface area (Å²) in [7, 11) is -1.73. The highest BCUT2D eigenvalue weighted by atomic mass is 32.1. The Balaban J connectivity index is 0.000000184. The molecule has 0 fully saturated rings. The van der Waals surface area contributed by atoms with Crippen LogP contribution in [0.3, 0.4) is 0 Å². The van der Waals surface area contributed by atoms with Crippen LogP contribution in [0, 0.1) is 41.5 Å². The van der Waals surface area contributed by atoms with Gasteiger partial charge in [-0.2, -0.15) is 0 Å². The van der Waals surface area contributed by atoms with Crippen LogP contribution >= 0.6 is 12.2 Å². The molecular weight excluding hydrogens is 1240 g/mol. The summed E-state index contributed by atoms with van der Waals surface area (Å²) < 4.78 is 6.33. The first-order chi connectivity index (χ1) is 45.0. The van der Waals surface area contributed by atoms with Crippen LogP contribution in [0.5, 0.6) is 0 Å². The second-order valence-electron chi connectivity index (χ2n) is 25.7. The molecule has 96 heavy (non-hydrogen) atoms. The molecule has 20 nitrogen and oxygen atoms in total. The van der Waals surface area contributed by atoms with E-state index in [9.17, 15) is 9.59 Å². The summed E-state index contributed by atoms with van der Waals surface area (Å²) in [6.45, 7) is 24.3. The van der Waals surface area contributed by atoms with Crippen molar-refractivity contribution in [2.75, 3.05) is 51.7 Å². The van der Waals surface area contributed by atoms with E-state index in [1.165, 1.54) is 0 Å². The number of benzene rings is 3. The number of nitrogens with one attached hydrogen (secondary N) is 6. The quantitative estimate of drug-likeness (QED) is 0.0239. The van der Waals surface area contributed by atoms with Crippen LogP contribution in [-0.2, 0) is 52.5 Å². The summed E-state index contributed by atoms with van der Waals surface area (Å²) >= 11 is 5.48. The van der Waals surface area contributed by atoms with Crippen molar-refractivity contribution in [2.24, 2.45) is 0 Å². The molecule has 0 radical (unpaired) electrons. The van der Waals surface area contributed by atoms with Gasteiger partial charge in [-0.25, -0.2) is 29.9 Å². The first-order valence-corrected chi connectivity index (χ1v) is 35.1. The normalized spacial score (nSPS) is 12.7. The van der Waals surface area contributed by atoms with E-state index in [4.69, 9.17) is 41.8 Å². The third kappa shape index (κ3) is 18.2. The largest absolute Gasteiger partial charge is 0.417 e. The van der Waals surface area contributed by atoms with Gasteiger partial charge in [-0.05, 0) is 168 Å². The number of aromatic nitrogens is 9. The SMILES string of the molecule is C.C.Cc1ccc2c(c1)NC(=O)Cc1cnc(Nc3cc(CCCO)cnc3C)nc1-2.Cc1ccc2c(c1)NC(=O)Cc1cnc(Nc3cc(CCCO[Si](C)(C)C(C)(C)C)cnc3C)nc1-2.Cc1ccc2c(c1)NC(=S)Cc1cnc(Nc3cc(CCCO)cnc3C)nc1-2. The second kappa shape index (κ2) is 31.9. The van der Waals surface area contributed by atoms with Gasteiger partial charge in [0.2, 0.25) is 29.7 Å². The van der Waals surface area contributed by atoms with E-state index in [1.807, 2.05) is 108 Å². The molecule has 22 heteroatoms. The molecule has 0 atom stereocenters. The number of hydrogen-bond donors (Lipinski definition) is 8. The van der Waals surface area contributed by atoms with Gasteiger partial charge in [-0.15, -0.1) is 0 Å². The minimum atomic E-state index is -1.73. The van der Waals surface area contributed by atoms with Gasteiger partial charge in [0.15, 0.2) is 8.32 Å². The zero-order chi connectivity index (χ0) is 66.8. The maximum atomic E-state index is 12.4. The standard InChI is InChI=1S/C28H37N5O2Si.C22H23N5O2.C22H23N5OS.2CH4/c1-18-10-11-22-24(13-18)31-25(34)15-21-17-30-27(33-26(21)22)32-23-14-20(16-29-19(23)2)9-8-12-35-36(6,7)28(3,4)5;2*1-13-5-6-17-19(8-13)25-20(29)10-16-12-24-22(27-21(16)17)26-18-9-15(4-3-7-28)11-23-14(18)2;;/h10-11,13-14,16-17H,8-9,12,15H2,1-7H3,(H,31,34)(H,30,32,33);2*5-6,8-9,11-12,28H,3-4,7,10H2,1-2H3,(H,25,29)(H,24,26,27);2*1H4. The number of fused-ring (bicyclic) bond motifs is 9. The summed E-state index contributed by atoms with van der Waals surface area (Å²) in [4.78, 5) is 66.7. The number of rotatable bonds is 17. The van der Waals surface area contributed by atoms with Gasteiger partial charge in [-0.1, -0.05) is 84.2 Å². The molecule has 502 valence electrons. The molecule has 0 spiro atoms. The Hall–Kier alpha value is -9.32. The summed E-state index contributed by atoms with van der Waals surface area (Å²) in [5, 5.41) is 37.5. The topological polar surface area (TPSA) is 272 Å². The molecule has 9 heterocycles. The number of aliphatic hydroxyl groups excluding tert-OH is 2. The third-order valence-corrected chi connectivity index (χ3v) is 21.8. The van der Waals surface area contributed by atoms with Gasteiger partial charge >= 0.3 is 0 Å². The number of carbonyl (C=O) groups excluding carboxylic acids is 2. The number of pyridine rings is 3. The molecule has 3 aromatic carbocycles. The highest BCUT2D eigenvalue weighted by Crippen LogP contribution is 2.39. The van der Waals surface area contributed by atoms with Crippen molar-refractivity contribution in [1.82, 2.24) is 44.9 Å². The predicted octanol–water partition coefficient (Wildman–Crippen LogP) is 15.1. The van der Waals surface area contributed by atoms with Gasteiger partial charge in [0, 0.05) is 102 Å². The molecule has 6 aromatic heterocycles. The average Bonchev–Trinajstić information content (AvgIpc) is 1.57. The van der Waals surface area contributed by atoms with E-state index in [0.717, 1.165) is 172 Å². The van der Waals surface area contributed by atoms with Gasteiger partial charge in [0.1, 0.15) is 0 Å². The van der Waals surface area contributed by atoms with Gasteiger partial charge in [0.25, 0.3) is 0 Å². The molecule has 0 saturated carbocycles. The van der Waals surface area contributed by atoms with Crippen LogP contribution < -0.4 is 31.9 Å². The van der Waals surface area contributed by atoms with Gasteiger partial charge < -0.3 is 46.5 Å². The number of hydrogen-bond acceptors (Lipinski definition) is 18. The van der Waals surface area contributed by atoms with Crippen molar-refractivity contribution < 1.29 is 24.2 Å². The van der Waals surface area contributed by atoms with Crippen molar-refractivity contribution in [2.45, 2.75) is 153 Å². The smallest absolute Gasteiger partial charge is 0.228 e. The molecule has 2 amide bonds. The minimum absolute atomic E-state index is 0. The van der Waals surface area contributed by atoms with E-state index in [1.54, 1.807) is 12.4 Å². The molecule has 0 bridgehead atoms. The average molecular weight is 1330 g/mol.